The van der Waals surface area contributed by atoms with Crippen LogP contribution in [0.25, 0.3) is 0 Å². The monoisotopic (exact) mass is 410 g/mol. The zero-order valence-electron chi connectivity index (χ0n) is 14.4. The maximum atomic E-state index is 12.6. The second-order valence-electron chi connectivity index (χ2n) is 5.81. The fourth-order valence-electron chi connectivity index (χ4n) is 2.43. The molecule has 9 nitrogen and oxygen atoms in total. The van der Waals surface area contributed by atoms with E-state index in [1.807, 2.05) is 0 Å². The van der Waals surface area contributed by atoms with Gasteiger partial charge in [-0.1, -0.05) is 5.92 Å². The Morgan fingerprint density at radius 3 is 2.45 bits per heavy atom. The van der Waals surface area contributed by atoms with Crippen LogP contribution in [0.3, 0.4) is 0 Å². The summed E-state index contributed by atoms with van der Waals surface area (Å²) in [5.41, 5.74) is 4.50. The molecule has 0 fully saturated rings. The van der Waals surface area contributed by atoms with Crippen LogP contribution in [-0.2, 0) is 10.9 Å². The van der Waals surface area contributed by atoms with Gasteiger partial charge in [-0.25, -0.2) is 0 Å². The van der Waals surface area contributed by atoms with E-state index in [0.29, 0.717) is 0 Å². The number of hydrogen-bond acceptors (Lipinski definition) is 7. The summed E-state index contributed by atoms with van der Waals surface area (Å²) in [5, 5.41) is 32.7. The van der Waals surface area contributed by atoms with Crippen LogP contribution in [0.1, 0.15) is 33.8 Å². The Morgan fingerprint density at radius 2 is 1.93 bits per heavy atom. The van der Waals surface area contributed by atoms with Crippen LogP contribution in [0.4, 0.5) is 13.2 Å². The molecule has 29 heavy (non-hydrogen) atoms. The lowest BCUT2D eigenvalue weighted by Gasteiger charge is -2.15. The first-order valence-corrected chi connectivity index (χ1v) is 7.95. The van der Waals surface area contributed by atoms with Crippen molar-refractivity contribution in [3.05, 3.63) is 58.6 Å². The Kier molecular flexibility index (Phi) is 5.19. The van der Waals surface area contributed by atoms with E-state index in [0.717, 1.165) is 28.9 Å². The fraction of sp³-hybridized carbons (Fsp3) is 0.235. The summed E-state index contributed by atoms with van der Waals surface area (Å²) in [6.45, 7) is -0.705. The topological polar surface area (TPSA) is 144 Å². The number of aromatic nitrogens is 3. The molecule has 3 rings (SSSR count). The van der Waals surface area contributed by atoms with Crippen molar-refractivity contribution in [1.29, 1.82) is 0 Å². The highest BCUT2D eigenvalue weighted by atomic mass is 19.4. The second-order valence-corrected chi connectivity index (χ2v) is 5.81. The van der Waals surface area contributed by atoms with Crippen molar-refractivity contribution in [1.82, 2.24) is 14.8 Å². The molecule has 2 atom stereocenters. The molecule has 2 aromatic rings. The van der Waals surface area contributed by atoms with E-state index in [1.54, 1.807) is 0 Å². The Balaban J connectivity index is 1.95. The van der Waals surface area contributed by atoms with Gasteiger partial charge in [0.1, 0.15) is 6.61 Å². The summed E-state index contributed by atoms with van der Waals surface area (Å²) < 4.78 is 43.9. The number of amides is 1. The quantitative estimate of drug-likeness (QED) is 0.538. The standard InChI is InChI=1S/C17H13F3N4O5/c18-17(19,20)9-4-1-8(2-5-9)3-6-11-22-15(14(21)28)23-24(11)16-13(27)12(26)10(7-25)29-16/h1-2,4-5,13,16,25-27H,7H2,(H2,21,28)/t13?,16-/m1/s1. The molecule has 1 aliphatic heterocycles. The van der Waals surface area contributed by atoms with Crippen LogP contribution in [-0.4, -0.2) is 48.7 Å². The van der Waals surface area contributed by atoms with Crippen molar-refractivity contribution in [2.24, 2.45) is 5.73 Å². The predicted octanol–water partition coefficient (Wildman–Crippen LogP) is 0.447. The van der Waals surface area contributed by atoms with E-state index in [2.05, 4.69) is 21.9 Å². The summed E-state index contributed by atoms with van der Waals surface area (Å²) in [6, 6.07) is 3.99. The van der Waals surface area contributed by atoms with Gasteiger partial charge in [0.15, 0.2) is 17.6 Å². The third-order valence-corrected chi connectivity index (χ3v) is 3.87. The lowest BCUT2D eigenvalue weighted by atomic mass is 10.1. The number of hydrogen-bond donors (Lipinski definition) is 4. The number of aliphatic hydroxyl groups is 3. The molecule has 0 bridgehead atoms. The lowest BCUT2D eigenvalue weighted by Crippen LogP contribution is -2.25. The van der Waals surface area contributed by atoms with E-state index in [-0.39, 0.29) is 17.1 Å². The summed E-state index contributed by atoms with van der Waals surface area (Å²) in [4.78, 5) is 15.2. The van der Waals surface area contributed by atoms with Crippen molar-refractivity contribution in [3.63, 3.8) is 0 Å². The number of ether oxygens (including phenoxy) is 1. The largest absolute Gasteiger partial charge is 0.506 e. The molecule has 0 saturated carbocycles. The molecule has 12 heteroatoms. The molecule has 152 valence electrons. The smallest absolute Gasteiger partial charge is 0.416 e. The van der Waals surface area contributed by atoms with Crippen LogP contribution < -0.4 is 5.73 Å². The fourth-order valence-corrected chi connectivity index (χ4v) is 2.43. The molecular formula is C17H13F3N4O5. The van der Waals surface area contributed by atoms with Crippen molar-refractivity contribution >= 4 is 5.91 Å². The number of rotatable bonds is 3. The number of carbonyl (C=O) groups excluding carboxylic acids is 1. The van der Waals surface area contributed by atoms with Gasteiger partial charge in [-0.2, -0.15) is 22.8 Å². The molecule has 1 unspecified atom stereocenters. The van der Waals surface area contributed by atoms with Crippen molar-refractivity contribution in [2.75, 3.05) is 6.61 Å². The highest BCUT2D eigenvalue weighted by Crippen LogP contribution is 2.31. The highest BCUT2D eigenvalue weighted by molar-refractivity contribution is 5.88. The second kappa shape index (κ2) is 7.46. The average molecular weight is 410 g/mol. The molecule has 0 spiro atoms. The maximum absolute atomic E-state index is 12.6. The van der Waals surface area contributed by atoms with Crippen molar-refractivity contribution in [3.8, 4) is 11.8 Å². The van der Waals surface area contributed by atoms with Crippen LogP contribution in [0.2, 0.25) is 0 Å². The highest BCUT2D eigenvalue weighted by Gasteiger charge is 2.39. The van der Waals surface area contributed by atoms with Crippen LogP contribution in [0.5, 0.6) is 0 Å². The van der Waals surface area contributed by atoms with Crippen molar-refractivity contribution in [2.45, 2.75) is 18.5 Å². The number of aliphatic hydroxyl groups excluding tert-OH is 3. The SMILES string of the molecule is NC(=O)c1nc(C#Cc2ccc(C(F)(F)F)cc2)n([C@@H]2OC(CO)=C(O)C2O)n1. The molecule has 0 aliphatic carbocycles. The minimum absolute atomic E-state index is 0.207. The van der Waals surface area contributed by atoms with Gasteiger partial charge in [0.25, 0.3) is 5.91 Å². The van der Waals surface area contributed by atoms with Crippen LogP contribution in [0.15, 0.2) is 35.8 Å². The van der Waals surface area contributed by atoms with E-state index < -0.39 is 48.2 Å². The average Bonchev–Trinajstić information content (AvgIpc) is 3.21. The zero-order chi connectivity index (χ0) is 21.3. The minimum atomic E-state index is -4.49. The number of benzene rings is 1. The van der Waals surface area contributed by atoms with Gasteiger partial charge in [-0.05, 0) is 30.2 Å². The zero-order valence-corrected chi connectivity index (χ0v) is 14.4. The number of carbonyl (C=O) groups is 1. The van der Waals surface area contributed by atoms with E-state index in [4.69, 9.17) is 15.6 Å². The molecule has 1 amide bonds. The molecule has 2 heterocycles. The number of nitrogens with two attached hydrogens (primary N) is 1. The third-order valence-electron chi connectivity index (χ3n) is 3.87. The Bertz CT molecular complexity index is 1030. The first-order valence-electron chi connectivity index (χ1n) is 7.95. The van der Waals surface area contributed by atoms with Crippen molar-refractivity contribution < 1.29 is 38.0 Å². The molecule has 0 radical (unpaired) electrons. The summed E-state index contributed by atoms with van der Waals surface area (Å²) >= 11 is 0. The van der Waals surface area contributed by atoms with Gasteiger partial charge >= 0.3 is 6.18 Å². The first-order chi connectivity index (χ1) is 13.6. The first kappa shape index (κ1) is 20.2. The predicted molar refractivity (Wildman–Crippen MR) is 88.8 cm³/mol. The number of alkyl halides is 3. The molecule has 1 aliphatic rings. The Morgan fingerprint density at radius 1 is 1.28 bits per heavy atom. The number of primary amides is 1. The maximum Gasteiger partial charge on any atom is 0.416 e. The number of halogens is 3. The van der Waals surface area contributed by atoms with Gasteiger partial charge < -0.3 is 25.8 Å². The van der Waals surface area contributed by atoms with E-state index in [1.165, 1.54) is 0 Å². The Labute approximate surface area is 160 Å². The summed E-state index contributed by atoms with van der Waals surface area (Å²) in [6.07, 6.45) is -7.52. The van der Waals surface area contributed by atoms with Gasteiger partial charge in [0.2, 0.25) is 17.9 Å². The van der Waals surface area contributed by atoms with E-state index in [9.17, 15) is 28.2 Å². The molecule has 0 saturated heterocycles. The number of nitrogens with zero attached hydrogens (tertiary/aromatic N) is 3. The lowest BCUT2D eigenvalue weighted by molar-refractivity contribution is -0.137. The summed E-state index contributed by atoms with van der Waals surface area (Å²) in [5.74, 6) is 2.44. The molecule has 1 aromatic carbocycles. The Hall–Kier alpha value is -3.56. The molecule has 5 N–H and O–H groups in total. The van der Waals surface area contributed by atoms with Crippen LogP contribution in [0, 0.1) is 11.8 Å². The third kappa shape index (κ3) is 4.00. The minimum Gasteiger partial charge on any atom is -0.506 e. The van der Waals surface area contributed by atoms with E-state index >= 15 is 0 Å². The summed E-state index contributed by atoms with van der Waals surface area (Å²) in [7, 11) is 0. The normalized spacial score (nSPS) is 18.9. The molecule has 1 aromatic heterocycles. The van der Waals surface area contributed by atoms with Gasteiger partial charge in [-0.3, -0.25) is 4.79 Å². The van der Waals surface area contributed by atoms with Gasteiger partial charge in [0.05, 0.1) is 5.56 Å². The van der Waals surface area contributed by atoms with Gasteiger partial charge in [0, 0.05) is 5.56 Å². The van der Waals surface area contributed by atoms with Gasteiger partial charge in [-0.15, -0.1) is 5.10 Å². The molecular weight excluding hydrogens is 397 g/mol. The van der Waals surface area contributed by atoms with Crippen LogP contribution >= 0.6 is 0 Å².